The fourth-order valence-electron chi connectivity index (χ4n) is 6.96. The average molecular weight is 773 g/mol. The summed E-state index contributed by atoms with van der Waals surface area (Å²) in [5, 5.41) is 8.39. The molecule has 5 heteroatoms. The molecule has 1 fully saturated rings. The van der Waals surface area contributed by atoms with Crippen molar-refractivity contribution in [2.75, 3.05) is 7.11 Å². The molecule has 3 nitrogen and oxygen atoms in total. The number of hydrogen-bond donors (Lipinski definition) is 0. The lowest BCUT2D eigenvalue weighted by molar-refractivity contribution is -0.158. The van der Waals surface area contributed by atoms with E-state index in [-0.39, 0.29) is 5.97 Å². The van der Waals surface area contributed by atoms with Crippen LogP contribution in [0.5, 0.6) is 5.75 Å². The van der Waals surface area contributed by atoms with Crippen LogP contribution in [0.2, 0.25) is 0 Å². The molecule has 1 aliphatic rings. The largest absolute Gasteiger partial charge is 0.475 e. The van der Waals surface area contributed by atoms with Gasteiger partial charge in [0.25, 0.3) is 0 Å². The van der Waals surface area contributed by atoms with Crippen molar-refractivity contribution < 1.29 is 14.3 Å². The first-order chi connectivity index (χ1) is 27.5. The predicted octanol–water partition coefficient (Wildman–Crippen LogP) is 10.1. The zero-order valence-electron chi connectivity index (χ0n) is 32.5. The van der Waals surface area contributed by atoms with Crippen molar-refractivity contribution in [3.63, 3.8) is 0 Å². The average Bonchev–Trinajstić information content (AvgIpc) is 3.74. The van der Waals surface area contributed by atoms with Crippen LogP contribution in [0, 0.1) is 13.8 Å². The fourth-order valence-corrected chi connectivity index (χ4v) is 11.6. The lowest BCUT2D eigenvalue weighted by atomic mass is 10.0. The van der Waals surface area contributed by atoms with Gasteiger partial charge in [-0.2, -0.15) is 0 Å². The molecular weight excluding hydrogens is 723 g/mol. The van der Waals surface area contributed by atoms with Crippen LogP contribution in [0.4, 0.5) is 0 Å². The first-order valence-electron chi connectivity index (χ1n) is 19.2. The number of ether oxygens (including phenoxy) is 2. The van der Waals surface area contributed by atoms with Crippen molar-refractivity contribution >= 4 is 53.6 Å². The Morgan fingerprint density at radius 1 is 0.464 bits per heavy atom. The van der Waals surface area contributed by atoms with E-state index < -0.39 is 21.4 Å². The number of benzene rings is 7. The van der Waals surface area contributed by atoms with E-state index in [4.69, 9.17) is 9.47 Å². The molecule has 0 heterocycles. The maximum absolute atomic E-state index is 12.0. The molecule has 0 unspecified atom stereocenters. The maximum Gasteiger partial charge on any atom is 0.350 e. The normalized spacial score (nSPS) is 12.8. The van der Waals surface area contributed by atoms with Crippen LogP contribution >= 0.6 is 15.8 Å². The molecule has 7 aromatic rings. The van der Waals surface area contributed by atoms with E-state index in [0.717, 1.165) is 37.0 Å². The number of carbonyl (C=O) groups excluding carboxylic acids is 1. The summed E-state index contributed by atoms with van der Waals surface area (Å²) in [6.07, 6.45) is 3.51. The van der Waals surface area contributed by atoms with Gasteiger partial charge in [0.2, 0.25) is 5.60 Å². The zero-order chi connectivity index (χ0) is 39.0. The summed E-state index contributed by atoms with van der Waals surface area (Å²) in [6.45, 7) is 4.05. The number of rotatable bonds is 9. The van der Waals surface area contributed by atoms with Crippen molar-refractivity contribution in [2.24, 2.45) is 0 Å². The molecule has 56 heavy (non-hydrogen) atoms. The first kappa shape index (κ1) is 40.3. The van der Waals surface area contributed by atoms with Crippen LogP contribution in [0.1, 0.15) is 36.8 Å². The highest BCUT2D eigenvalue weighted by Gasteiger charge is 2.45. The molecular formula is C51H50O3P2. The van der Waals surface area contributed by atoms with Crippen LogP contribution in [-0.4, -0.2) is 18.7 Å². The Balaban J connectivity index is 0.000000142. The standard InChI is InChI=1S/2C18H15P.C15H20O3/c2*1-4-10-16(11-5-1)19(17-12-6-2-7-13-17)18-14-8-3-9-15-18;1-11-6-7-13(12(2)10-11)18-15(14(16)17-3)8-4-5-9-15/h2*1-15H;6-7,10H,4-5,8-9H2,1-3H3. The van der Waals surface area contributed by atoms with Crippen LogP contribution in [0.3, 0.4) is 0 Å². The van der Waals surface area contributed by atoms with Gasteiger partial charge in [0.1, 0.15) is 5.75 Å². The van der Waals surface area contributed by atoms with Crippen molar-refractivity contribution in [2.45, 2.75) is 45.1 Å². The van der Waals surface area contributed by atoms with Gasteiger partial charge in [-0.25, -0.2) is 4.79 Å². The smallest absolute Gasteiger partial charge is 0.350 e. The Morgan fingerprint density at radius 3 is 1.04 bits per heavy atom. The number of esters is 1. The van der Waals surface area contributed by atoms with Crippen molar-refractivity contribution in [1.82, 2.24) is 0 Å². The molecule has 0 bridgehead atoms. The third-order valence-electron chi connectivity index (χ3n) is 9.69. The highest BCUT2D eigenvalue weighted by atomic mass is 31.1. The first-order valence-corrected chi connectivity index (χ1v) is 21.9. The summed E-state index contributed by atoms with van der Waals surface area (Å²) >= 11 is 0. The Kier molecular flexibility index (Phi) is 14.8. The van der Waals surface area contributed by atoms with Gasteiger partial charge in [-0.15, -0.1) is 0 Å². The van der Waals surface area contributed by atoms with E-state index in [9.17, 15) is 4.79 Å². The van der Waals surface area contributed by atoms with Gasteiger partial charge in [0.05, 0.1) is 7.11 Å². The summed E-state index contributed by atoms with van der Waals surface area (Å²) in [4.78, 5) is 12.0. The molecule has 7 aromatic carbocycles. The molecule has 0 spiro atoms. The van der Waals surface area contributed by atoms with E-state index >= 15 is 0 Å². The van der Waals surface area contributed by atoms with Crippen LogP contribution in [-0.2, 0) is 9.53 Å². The van der Waals surface area contributed by atoms with Gasteiger partial charge in [-0.05, 0) is 98.8 Å². The third kappa shape index (κ3) is 10.7. The van der Waals surface area contributed by atoms with Gasteiger partial charge >= 0.3 is 5.97 Å². The van der Waals surface area contributed by atoms with Gasteiger partial charge < -0.3 is 9.47 Å². The predicted molar refractivity (Wildman–Crippen MR) is 240 cm³/mol. The number of methoxy groups -OCH3 is 1. The van der Waals surface area contributed by atoms with E-state index in [2.05, 4.69) is 188 Å². The van der Waals surface area contributed by atoms with Crippen molar-refractivity contribution in [3.05, 3.63) is 211 Å². The summed E-state index contributed by atoms with van der Waals surface area (Å²) < 4.78 is 10.9. The SMILES string of the molecule is COC(=O)C1(Oc2ccc(C)cc2C)CCCC1.c1ccc(P(c2ccccc2)c2ccccc2)cc1.c1ccc(P(c2ccccc2)c2ccccc2)cc1. The monoisotopic (exact) mass is 772 g/mol. The number of hydrogen-bond acceptors (Lipinski definition) is 3. The number of aryl methyl sites for hydroxylation is 2. The second-order valence-electron chi connectivity index (χ2n) is 13.7. The summed E-state index contributed by atoms with van der Waals surface area (Å²) in [7, 11) is 0.532. The van der Waals surface area contributed by atoms with E-state index in [0.29, 0.717) is 0 Å². The van der Waals surface area contributed by atoms with E-state index in [1.165, 1.54) is 44.5 Å². The van der Waals surface area contributed by atoms with Crippen LogP contribution in [0.15, 0.2) is 200 Å². The molecule has 1 aliphatic carbocycles. The molecule has 0 aliphatic heterocycles. The third-order valence-corrected chi connectivity index (χ3v) is 14.6. The second-order valence-corrected chi connectivity index (χ2v) is 18.2. The van der Waals surface area contributed by atoms with E-state index in [1.807, 2.05) is 26.0 Å². The maximum atomic E-state index is 12.0. The fraction of sp³-hybridized carbons (Fsp3) is 0.157. The molecule has 0 amide bonds. The Morgan fingerprint density at radius 2 is 0.768 bits per heavy atom. The molecule has 0 aromatic heterocycles. The molecule has 1 saturated carbocycles. The molecule has 8 rings (SSSR count). The highest BCUT2D eigenvalue weighted by molar-refractivity contribution is 7.80. The van der Waals surface area contributed by atoms with Gasteiger partial charge in [0, 0.05) is 0 Å². The number of carbonyl (C=O) groups is 1. The Hall–Kier alpha value is -5.33. The topological polar surface area (TPSA) is 35.5 Å². The second kappa shape index (κ2) is 20.5. The van der Waals surface area contributed by atoms with Gasteiger partial charge in [-0.1, -0.05) is 200 Å². The molecule has 282 valence electrons. The van der Waals surface area contributed by atoms with Crippen molar-refractivity contribution in [1.29, 1.82) is 0 Å². The van der Waals surface area contributed by atoms with Gasteiger partial charge in [-0.3, -0.25) is 0 Å². The minimum Gasteiger partial charge on any atom is -0.475 e. The zero-order valence-corrected chi connectivity index (χ0v) is 34.3. The summed E-state index contributed by atoms with van der Waals surface area (Å²) in [6, 6.07) is 70.7. The molecule has 0 saturated heterocycles. The quantitative estimate of drug-likeness (QED) is 0.108. The Bertz CT molecular complexity index is 1890. The van der Waals surface area contributed by atoms with Crippen LogP contribution in [0.25, 0.3) is 0 Å². The van der Waals surface area contributed by atoms with Gasteiger partial charge in [0.15, 0.2) is 0 Å². The summed E-state index contributed by atoms with van der Waals surface area (Å²) in [5.41, 5.74) is 1.48. The minimum atomic E-state index is -0.769. The Labute approximate surface area is 335 Å². The molecule has 0 atom stereocenters. The lowest BCUT2D eigenvalue weighted by Gasteiger charge is -2.28. The molecule has 0 radical (unpaired) electrons. The highest BCUT2D eigenvalue weighted by Crippen LogP contribution is 2.37. The lowest BCUT2D eigenvalue weighted by Crippen LogP contribution is -2.42. The molecule has 0 N–H and O–H groups in total. The van der Waals surface area contributed by atoms with E-state index in [1.54, 1.807) is 0 Å². The summed E-state index contributed by atoms with van der Waals surface area (Å²) in [5.74, 6) is 0.535. The minimum absolute atomic E-state index is 0.250. The van der Waals surface area contributed by atoms with Crippen LogP contribution < -0.4 is 36.6 Å². The van der Waals surface area contributed by atoms with Crippen molar-refractivity contribution in [3.8, 4) is 5.75 Å².